The molecule has 0 radical (unpaired) electrons. The highest BCUT2D eigenvalue weighted by Gasteiger charge is 2.34. The molecule has 1 saturated heterocycles. The summed E-state index contributed by atoms with van der Waals surface area (Å²) in [5, 5.41) is 13.2. The number of ether oxygens (including phenoxy) is 1. The predicted octanol–water partition coefficient (Wildman–Crippen LogP) is 6.31. The molecule has 2 aliphatic rings. The molecule has 0 unspecified atom stereocenters. The summed E-state index contributed by atoms with van der Waals surface area (Å²) in [6.07, 6.45) is 2.59. The smallest absolute Gasteiger partial charge is 0.410 e. The molecule has 42 heavy (non-hydrogen) atoms. The first-order valence-corrected chi connectivity index (χ1v) is 15.6. The van der Waals surface area contributed by atoms with Gasteiger partial charge in [-0.25, -0.2) is 14.8 Å². The highest BCUT2D eigenvalue weighted by atomic mass is 35.5. The van der Waals surface area contributed by atoms with Gasteiger partial charge in [0.05, 0.1) is 35.8 Å². The van der Waals surface area contributed by atoms with Crippen LogP contribution in [0.1, 0.15) is 23.2 Å². The van der Waals surface area contributed by atoms with Crippen molar-refractivity contribution >= 4 is 51.7 Å². The van der Waals surface area contributed by atoms with Crippen LogP contribution in [0.25, 0.3) is 10.8 Å². The van der Waals surface area contributed by atoms with Crippen LogP contribution in [0.4, 0.5) is 16.3 Å². The van der Waals surface area contributed by atoms with E-state index in [1.54, 1.807) is 4.90 Å². The van der Waals surface area contributed by atoms with Crippen LogP contribution in [0, 0.1) is 11.3 Å². The van der Waals surface area contributed by atoms with Gasteiger partial charge in [-0.3, -0.25) is 0 Å². The quantitative estimate of drug-likeness (QED) is 0.189. The van der Waals surface area contributed by atoms with E-state index in [9.17, 15) is 10.1 Å². The molecule has 2 aliphatic heterocycles. The average molecular weight is 599 g/mol. The maximum atomic E-state index is 13.1. The number of amides is 1. The molecule has 0 aliphatic carbocycles. The number of rotatable bonds is 6. The Morgan fingerprint density at radius 2 is 1.86 bits per heavy atom. The van der Waals surface area contributed by atoms with E-state index in [2.05, 4.69) is 40.1 Å². The minimum atomic E-state index is -0.391. The van der Waals surface area contributed by atoms with Gasteiger partial charge in [-0.05, 0) is 35.8 Å². The minimum absolute atomic E-state index is 0.202. The van der Waals surface area contributed by atoms with Crippen LogP contribution < -0.4 is 9.80 Å². The van der Waals surface area contributed by atoms with Crippen molar-refractivity contribution in [2.24, 2.45) is 0 Å². The molecule has 0 N–H and O–H groups in total. The zero-order valence-electron chi connectivity index (χ0n) is 23.4. The Morgan fingerprint density at radius 1 is 1.05 bits per heavy atom. The first-order valence-electron chi connectivity index (χ1n) is 14.0. The molecule has 10 heteroatoms. The third-order valence-electron chi connectivity index (χ3n) is 7.93. The molecule has 0 spiro atoms. The second-order valence-corrected chi connectivity index (χ2v) is 11.6. The molecule has 1 fully saturated rings. The van der Waals surface area contributed by atoms with Crippen LogP contribution >= 0.6 is 23.4 Å². The molecule has 4 aromatic rings. The van der Waals surface area contributed by atoms with E-state index in [1.807, 2.05) is 48.7 Å². The van der Waals surface area contributed by atoms with Crippen LogP contribution in [-0.4, -0.2) is 59.4 Å². The highest BCUT2D eigenvalue weighted by molar-refractivity contribution is 7.98. The summed E-state index contributed by atoms with van der Waals surface area (Å²) >= 11 is 8.18. The molecule has 1 atom stereocenters. The van der Waals surface area contributed by atoms with E-state index < -0.39 is 6.09 Å². The molecule has 1 amide bonds. The summed E-state index contributed by atoms with van der Waals surface area (Å²) in [7, 11) is 0. The summed E-state index contributed by atoms with van der Waals surface area (Å²) in [5.74, 6) is 0.903. The second-order valence-electron chi connectivity index (χ2n) is 10.4. The fraction of sp³-hybridized carbons (Fsp3) is 0.312. The molecule has 3 heterocycles. The molecule has 1 aromatic heterocycles. The lowest BCUT2D eigenvalue weighted by molar-refractivity contribution is 0.0767. The van der Waals surface area contributed by atoms with Gasteiger partial charge in [0.1, 0.15) is 12.4 Å². The topological polar surface area (TPSA) is 85.6 Å². The molecular weight excluding hydrogens is 568 g/mol. The molecule has 0 bridgehead atoms. The Morgan fingerprint density at radius 3 is 2.64 bits per heavy atom. The Bertz CT molecular complexity index is 1640. The first-order chi connectivity index (χ1) is 20.6. The lowest BCUT2D eigenvalue weighted by atomic mass is 10.0. The Kier molecular flexibility index (Phi) is 8.36. The van der Waals surface area contributed by atoms with Crippen LogP contribution in [0.5, 0.6) is 0 Å². The average Bonchev–Trinajstić information content (AvgIpc) is 3.03. The van der Waals surface area contributed by atoms with Gasteiger partial charge in [-0.1, -0.05) is 78.0 Å². The van der Waals surface area contributed by atoms with Crippen molar-refractivity contribution in [2.75, 3.05) is 42.2 Å². The van der Waals surface area contributed by atoms with E-state index in [4.69, 9.17) is 26.3 Å². The Labute approximate surface area is 254 Å². The number of halogens is 1. The minimum Gasteiger partial charge on any atom is -0.445 e. The number of hydrogen-bond acceptors (Lipinski definition) is 8. The second kappa shape index (κ2) is 12.5. The van der Waals surface area contributed by atoms with Crippen LogP contribution in [0.2, 0.25) is 5.02 Å². The molecule has 3 aromatic carbocycles. The van der Waals surface area contributed by atoms with Crippen LogP contribution in [0.15, 0.2) is 71.9 Å². The van der Waals surface area contributed by atoms with E-state index >= 15 is 0 Å². The number of benzene rings is 3. The third-order valence-corrected chi connectivity index (χ3v) is 8.79. The van der Waals surface area contributed by atoms with Gasteiger partial charge in [-0.15, -0.1) is 0 Å². The van der Waals surface area contributed by atoms with Gasteiger partial charge in [0.25, 0.3) is 0 Å². The third kappa shape index (κ3) is 5.69. The van der Waals surface area contributed by atoms with E-state index in [0.29, 0.717) is 31.3 Å². The maximum Gasteiger partial charge on any atom is 0.410 e. The number of fused-ring (bicyclic) bond motifs is 2. The van der Waals surface area contributed by atoms with Gasteiger partial charge in [0.15, 0.2) is 5.16 Å². The van der Waals surface area contributed by atoms with Gasteiger partial charge in [0.2, 0.25) is 0 Å². The molecule has 214 valence electrons. The van der Waals surface area contributed by atoms with Crippen LogP contribution in [0.3, 0.4) is 0 Å². The van der Waals surface area contributed by atoms with Crippen molar-refractivity contribution in [3.05, 3.63) is 88.6 Å². The number of thioether (sulfide) groups is 1. The first kappa shape index (κ1) is 28.1. The molecular formula is C32H31ClN6O2S. The lowest BCUT2D eigenvalue weighted by Gasteiger charge is -2.42. The van der Waals surface area contributed by atoms with Crippen LogP contribution in [-0.2, 0) is 24.3 Å². The Balaban J connectivity index is 1.24. The molecule has 8 nitrogen and oxygen atoms in total. The SMILES string of the molecule is CSc1nc2c(c(N3CCN(C(=O)OCc4ccccc4)[C@@H](CC#N)C3)n1)CCN(c1cccc3cccc(Cl)c13)C2. The van der Waals surface area contributed by atoms with Crippen molar-refractivity contribution in [3.63, 3.8) is 0 Å². The van der Waals surface area contributed by atoms with Crippen molar-refractivity contribution in [3.8, 4) is 6.07 Å². The van der Waals surface area contributed by atoms with Gasteiger partial charge < -0.3 is 19.4 Å². The van der Waals surface area contributed by atoms with Crippen molar-refractivity contribution in [1.29, 1.82) is 5.26 Å². The number of piperazine rings is 1. The largest absolute Gasteiger partial charge is 0.445 e. The summed E-state index contributed by atoms with van der Waals surface area (Å²) in [5.41, 5.74) is 4.16. The fourth-order valence-electron chi connectivity index (χ4n) is 5.86. The summed E-state index contributed by atoms with van der Waals surface area (Å²) in [4.78, 5) is 29.2. The molecule has 0 saturated carbocycles. The van der Waals surface area contributed by atoms with Crippen molar-refractivity contribution in [1.82, 2.24) is 14.9 Å². The van der Waals surface area contributed by atoms with Gasteiger partial charge >= 0.3 is 6.09 Å². The number of carbonyl (C=O) groups excluding carboxylic acids is 1. The van der Waals surface area contributed by atoms with Crippen molar-refractivity contribution < 1.29 is 9.53 Å². The predicted molar refractivity (Wildman–Crippen MR) is 167 cm³/mol. The number of nitriles is 1. The fourth-order valence-corrected chi connectivity index (χ4v) is 6.51. The summed E-state index contributed by atoms with van der Waals surface area (Å²) < 4.78 is 5.62. The van der Waals surface area contributed by atoms with E-state index in [-0.39, 0.29) is 19.1 Å². The lowest BCUT2D eigenvalue weighted by Crippen LogP contribution is -2.55. The number of hydrogen-bond donors (Lipinski definition) is 0. The summed E-state index contributed by atoms with van der Waals surface area (Å²) in [6.45, 7) is 3.22. The summed E-state index contributed by atoms with van der Waals surface area (Å²) in [6, 6.07) is 23.9. The number of aromatic nitrogens is 2. The highest BCUT2D eigenvalue weighted by Crippen LogP contribution is 2.37. The zero-order valence-corrected chi connectivity index (χ0v) is 24.9. The number of carbonyl (C=O) groups is 1. The normalized spacial score (nSPS) is 16.7. The number of nitrogens with zero attached hydrogens (tertiary/aromatic N) is 6. The molecule has 6 rings (SSSR count). The van der Waals surface area contributed by atoms with Gasteiger partial charge in [0, 0.05) is 42.8 Å². The number of anilines is 2. The van der Waals surface area contributed by atoms with Crippen molar-refractivity contribution in [2.45, 2.75) is 37.2 Å². The standard InChI is InChI=1S/C32H31ClN6O2S/c1-42-31-35-27-20-37(28-12-6-10-23-9-5-11-26(33)29(23)28)16-14-25(27)30(36-31)38-17-18-39(24(19-38)13-15-34)32(40)41-21-22-7-3-2-4-8-22/h2-12,24H,13-14,16-21H2,1H3/t24-/m0/s1. The van der Waals surface area contributed by atoms with Gasteiger partial charge in [-0.2, -0.15) is 5.26 Å². The monoisotopic (exact) mass is 598 g/mol. The van der Waals surface area contributed by atoms with E-state index in [0.717, 1.165) is 57.1 Å². The maximum absolute atomic E-state index is 13.1. The zero-order chi connectivity index (χ0) is 29.1. The Hall–Kier alpha value is -4.00. The van der Waals surface area contributed by atoms with E-state index in [1.165, 1.54) is 11.8 Å².